The molecule has 1 spiro atoms. The zero-order valence-corrected chi connectivity index (χ0v) is 9.83. The highest BCUT2D eigenvalue weighted by Crippen LogP contribution is 2.35. The molecule has 0 bridgehead atoms. The van der Waals surface area contributed by atoms with Gasteiger partial charge in [0.15, 0.2) is 5.17 Å². The van der Waals surface area contributed by atoms with E-state index in [1.165, 1.54) is 49.4 Å². The van der Waals surface area contributed by atoms with Crippen LogP contribution in [0.25, 0.3) is 0 Å². The van der Waals surface area contributed by atoms with Gasteiger partial charge in [-0.05, 0) is 26.2 Å². The van der Waals surface area contributed by atoms with Crippen molar-refractivity contribution in [2.24, 2.45) is 4.99 Å². The summed E-state index contributed by atoms with van der Waals surface area (Å²) >= 11 is 1.89. The van der Waals surface area contributed by atoms with E-state index in [1.54, 1.807) is 0 Å². The first kappa shape index (κ1) is 10.3. The van der Waals surface area contributed by atoms with Crippen molar-refractivity contribution in [3.63, 3.8) is 0 Å². The first-order valence-electron chi connectivity index (χ1n) is 5.80. The van der Waals surface area contributed by atoms with E-state index in [-0.39, 0.29) is 0 Å². The molecule has 0 radical (unpaired) electrons. The maximum Gasteiger partial charge on any atom is 0.156 e. The smallest absolute Gasteiger partial charge is 0.156 e. The topological polar surface area (TPSA) is 24.4 Å². The summed E-state index contributed by atoms with van der Waals surface area (Å²) in [5.74, 6) is 1.26. The molecule has 80 valence electrons. The van der Waals surface area contributed by atoms with Gasteiger partial charge >= 0.3 is 0 Å². The molecule has 1 N–H and O–H groups in total. The fraction of sp³-hybridized carbons (Fsp3) is 0.909. The Morgan fingerprint density at radius 2 is 2.07 bits per heavy atom. The van der Waals surface area contributed by atoms with Gasteiger partial charge in [0.2, 0.25) is 0 Å². The lowest BCUT2D eigenvalue weighted by atomic mass is 9.80. The predicted octanol–water partition coefficient (Wildman–Crippen LogP) is 2.79. The largest absolute Gasteiger partial charge is 0.359 e. The predicted molar refractivity (Wildman–Crippen MR) is 64.0 cm³/mol. The van der Waals surface area contributed by atoms with E-state index in [1.807, 2.05) is 11.8 Å². The van der Waals surface area contributed by atoms with Crippen LogP contribution in [0.15, 0.2) is 4.99 Å². The number of amidine groups is 1. The Bertz CT molecular complexity index is 214. The van der Waals surface area contributed by atoms with E-state index in [9.17, 15) is 0 Å². The average Bonchev–Trinajstić information content (AvgIpc) is 2.19. The van der Waals surface area contributed by atoms with Crippen LogP contribution in [0.4, 0.5) is 0 Å². The second kappa shape index (κ2) is 4.56. The Morgan fingerprint density at radius 3 is 2.79 bits per heavy atom. The van der Waals surface area contributed by atoms with Crippen LogP contribution in [0, 0.1) is 0 Å². The molecule has 0 atom stereocenters. The molecule has 3 heteroatoms. The highest BCUT2D eigenvalue weighted by Gasteiger charge is 2.35. The number of thioether (sulfide) groups is 1. The van der Waals surface area contributed by atoms with Crippen LogP contribution in [0.3, 0.4) is 0 Å². The van der Waals surface area contributed by atoms with Crippen molar-refractivity contribution in [2.75, 3.05) is 12.3 Å². The Labute approximate surface area is 90.9 Å². The molecule has 2 nitrogen and oxygen atoms in total. The second-order valence-corrected chi connectivity index (χ2v) is 5.43. The monoisotopic (exact) mass is 212 g/mol. The van der Waals surface area contributed by atoms with Crippen LogP contribution in [0.2, 0.25) is 0 Å². The number of nitrogens with one attached hydrogen (secondary N) is 1. The summed E-state index contributed by atoms with van der Waals surface area (Å²) in [6.07, 6.45) is 8.28. The number of rotatable bonds is 1. The van der Waals surface area contributed by atoms with Crippen molar-refractivity contribution in [3.05, 3.63) is 0 Å². The first-order valence-corrected chi connectivity index (χ1v) is 6.79. The Hall–Kier alpha value is -0.180. The van der Waals surface area contributed by atoms with Crippen LogP contribution in [-0.4, -0.2) is 23.0 Å². The standard InChI is InChI=1S/C11H20N2S/c1-2-12-10-13-11(8-9-14-10)6-4-3-5-7-11/h2-9H2,1H3,(H,12,13). The normalized spacial score (nSPS) is 29.1. The molecular weight excluding hydrogens is 192 g/mol. The third-order valence-corrected chi connectivity index (χ3v) is 4.22. The highest BCUT2D eigenvalue weighted by atomic mass is 32.2. The van der Waals surface area contributed by atoms with E-state index in [0.717, 1.165) is 6.54 Å². The van der Waals surface area contributed by atoms with Crippen molar-refractivity contribution in [1.82, 2.24) is 5.32 Å². The van der Waals surface area contributed by atoms with Gasteiger partial charge in [-0.1, -0.05) is 31.0 Å². The Morgan fingerprint density at radius 1 is 1.29 bits per heavy atom. The Balaban J connectivity index is 2.01. The zero-order valence-electron chi connectivity index (χ0n) is 9.01. The number of nitrogens with zero attached hydrogens (tertiary/aromatic N) is 1. The molecule has 14 heavy (non-hydrogen) atoms. The molecule has 0 amide bonds. The summed E-state index contributed by atoms with van der Waals surface area (Å²) in [5, 5.41) is 4.88. The van der Waals surface area contributed by atoms with Crippen molar-refractivity contribution >= 4 is 16.9 Å². The lowest BCUT2D eigenvalue weighted by molar-refractivity contribution is 0.257. The summed E-state index contributed by atoms with van der Waals surface area (Å²) < 4.78 is 0. The molecule has 2 aliphatic rings. The van der Waals surface area contributed by atoms with Gasteiger partial charge in [0.05, 0.1) is 0 Å². The minimum Gasteiger partial charge on any atom is -0.359 e. The lowest BCUT2D eigenvalue weighted by Gasteiger charge is -2.42. The highest BCUT2D eigenvalue weighted by molar-refractivity contribution is 8.13. The summed E-state index contributed by atoms with van der Waals surface area (Å²) in [7, 11) is 0. The van der Waals surface area contributed by atoms with E-state index in [2.05, 4.69) is 17.2 Å². The summed E-state index contributed by atoms with van der Waals surface area (Å²) in [4.78, 5) is 4.50. The fourth-order valence-electron chi connectivity index (χ4n) is 2.50. The maximum absolute atomic E-state index is 4.50. The summed E-state index contributed by atoms with van der Waals surface area (Å²) in [6, 6.07) is 0. The van der Waals surface area contributed by atoms with Crippen molar-refractivity contribution in [3.8, 4) is 0 Å². The van der Waals surface area contributed by atoms with E-state index in [4.69, 9.17) is 0 Å². The lowest BCUT2D eigenvalue weighted by Crippen LogP contribution is -2.52. The van der Waals surface area contributed by atoms with Crippen LogP contribution in [0.1, 0.15) is 45.4 Å². The van der Waals surface area contributed by atoms with Gasteiger partial charge in [-0.25, -0.2) is 0 Å². The molecule has 2 rings (SSSR count). The summed E-state index contributed by atoms with van der Waals surface area (Å²) in [6.45, 7) is 3.02. The van der Waals surface area contributed by atoms with Crippen LogP contribution < -0.4 is 5.32 Å². The number of hydrogen-bond acceptors (Lipinski definition) is 2. The van der Waals surface area contributed by atoms with Gasteiger partial charge in [0.25, 0.3) is 0 Å². The molecule has 1 saturated carbocycles. The van der Waals surface area contributed by atoms with Crippen molar-refractivity contribution < 1.29 is 0 Å². The fourth-order valence-corrected chi connectivity index (χ4v) is 3.70. The van der Waals surface area contributed by atoms with Gasteiger partial charge < -0.3 is 5.32 Å². The molecule has 0 aromatic carbocycles. The van der Waals surface area contributed by atoms with Gasteiger partial charge in [0.1, 0.15) is 0 Å². The molecule has 1 aliphatic carbocycles. The summed E-state index contributed by atoms with van der Waals surface area (Å²) in [5.41, 5.74) is 0.428. The minimum atomic E-state index is 0.428. The van der Waals surface area contributed by atoms with Crippen molar-refractivity contribution in [2.45, 2.75) is 51.0 Å². The maximum atomic E-state index is 4.50. The third-order valence-electron chi connectivity index (χ3n) is 3.30. The van der Waals surface area contributed by atoms with Gasteiger partial charge in [-0.2, -0.15) is 0 Å². The molecule has 1 saturated heterocycles. The first-order chi connectivity index (χ1) is 6.85. The molecule has 0 unspecified atom stereocenters. The van der Waals surface area contributed by atoms with Crippen molar-refractivity contribution in [1.29, 1.82) is 0 Å². The average molecular weight is 212 g/mol. The molecule has 2 fully saturated rings. The third kappa shape index (κ3) is 2.25. The van der Waals surface area contributed by atoms with Gasteiger partial charge in [-0.3, -0.25) is 4.99 Å². The SMILES string of the molecule is CCN=C1NC2(CCCCC2)CCS1. The van der Waals surface area contributed by atoms with Crippen LogP contribution >= 0.6 is 11.8 Å². The second-order valence-electron chi connectivity index (χ2n) is 4.34. The van der Waals surface area contributed by atoms with E-state index < -0.39 is 0 Å². The van der Waals surface area contributed by atoms with E-state index >= 15 is 0 Å². The van der Waals surface area contributed by atoms with Gasteiger partial charge in [-0.15, -0.1) is 0 Å². The Kier molecular flexibility index (Phi) is 3.37. The van der Waals surface area contributed by atoms with Crippen LogP contribution in [0.5, 0.6) is 0 Å². The zero-order chi connectivity index (χ0) is 9.86. The van der Waals surface area contributed by atoms with Crippen LogP contribution in [-0.2, 0) is 0 Å². The molecule has 0 aromatic rings. The molecule has 1 heterocycles. The molecule has 0 aromatic heterocycles. The number of aliphatic imine (C=N–C) groups is 1. The molecule has 1 aliphatic heterocycles. The minimum absolute atomic E-state index is 0.428. The molecular formula is C11H20N2S. The quantitative estimate of drug-likeness (QED) is 0.723. The van der Waals surface area contributed by atoms with Gasteiger partial charge in [0, 0.05) is 17.8 Å². The van der Waals surface area contributed by atoms with E-state index in [0.29, 0.717) is 5.54 Å². The number of hydrogen-bond donors (Lipinski definition) is 1.